The summed E-state index contributed by atoms with van der Waals surface area (Å²) < 4.78 is 0. The molecule has 5 rings (SSSR count). The number of Topliss-reactive ketones (excluding diaryl/α,β-unsaturated/α-hetero) is 1. The molecule has 2 aliphatic carbocycles. The molecule has 1 aromatic carbocycles. The Balaban J connectivity index is 1.34. The third kappa shape index (κ3) is 9.49. The molecular formula is C41H61N7O7. The average molecular weight is 764 g/mol. The Morgan fingerprint density at radius 3 is 2.18 bits per heavy atom. The van der Waals surface area contributed by atoms with Crippen molar-refractivity contribution in [2.24, 2.45) is 28.6 Å². The number of imide groups is 1. The van der Waals surface area contributed by atoms with Gasteiger partial charge in [-0.25, -0.2) is 9.59 Å². The van der Waals surface area contributed by atoms with Crippen LogP contribution < -0.4 is 26.6 Å². The van der Waals surface area contributed by atoms with Crippen LogP contribution in [0.1, 0.15) is 98.1 Å². The Kier molecular flexibility index (Phi) is 13.0. The zero-order chi connectivity index (χ0) is 40.2. The number of amides is 8. The van der Waals surface area contributed by atoms with Crippen molar-refractivity contribution >= 4 is 41.5 Å². The Hall–Kier alpha value is -4.49. The number of ketones is 1. The van der Waals surface area contributed by atoms with E-state index in [2.05, 4.69) is 40.4 Å². The summed E-state index contributed by atoms with van der Waals surface area (Å²) in [7, 11) is 0. The van der Waals surface area contributed by atoms with Gasteiger partial charge in [-0.05, 0) is 78.7 Å². The van der Waals surface area contributed by atoms with Gasteiger partial charge in [0.1, 0.15) is 12.1 Å². The first-order valence-electron chi connectivity index (χ1n) is 20.1. The Morgan fingerprint density at radius 1 is 0.927 bits per heavy atom. The fourth-order valence-corrected chi connectivity index (χ4v) is 8.83. The second-order valence-electron chi connectivity index (χ2n) is 17.5. The largest absolute Gasteiger partial charge is 0.350 e. The average Bonchev–Trinajstić information content (AvgIpc) is 3.48. The Morgan fingerprint density at radius 2 is 1.58 bits per heavy atom. The lowest BCUT2D eigenvalue weighted by Crippen LogP contribution is -2.61. The molecule has 14 nitrogen and oxygen atoms in total. The molecule has 8 amide bonds. The summed E-state index contributed by atoms with van der Waals surface area (Å²) in [5.41, 5.74) is 1.46. The summed E-state index contributed by atoms with van der Waals surface area (Å²) in [5, 5.41) is 13.5. The molecule has 0 aromatic heterocycles. The number of benzene rings is 1. The monoisotopic (exact) mass is 763 g/mol. The molecule has 4 aliphatic rings. The van der Waals surface area contributed by atoms with Crippen LogP contribution >= 0.6 is 0 Å². The second kappa shape index (κ2) is 17.1. The smallest absolute Gasteiger partial charge is 0.323 e. The minimum Gasteiger partial charge on any atom is -0.350 e. The SMILES string of the molecule is CCCCC(NC(=O)[C@@H]1[C@@H]2[C@H](CN1C(=O)[C@@H](NC(=O)NC(=O)N[C@H](CN1CCCCC1=O)C(C)(C)C)C1Cc3ccccc3C1)C2(C)C)C(=O)C(=O)NCC. The van der Waals surface area contributed by atoms with E-state index in [9.17, 15) is 33.6 Å². The third-order valence-corrected chi connectivity index (χ3v) is 12.3. The lowest BCUT2D eigenvalue weighted by atomic mass is 9.86. The van der Waals surface area contributed by atoms with Gasteiger partial charge in [0.2, 0.25) is 23.5 Å². The highest BCUT2D eigenvalue weighted by atomic mass is 16.2. The number of likely N-dealkylation sites (tertiary alicyclic amines) is 2. The molecular weight excluding hydrogens is 702 g/mol. The Bertz CT molecular complexity index is 1630. The second-order valence-corrected chi connectivity index (χ2v) is 17.5. The lowest BCUT2D eigenvalue weighted by Gasteiger charge is -2.37. The van der Waals surface area contributed by atoms with Gasteiger partial charge in [-0.15, -0.1) is 0 Å². The highest BCUT2D eigenvalue weighted by Crippen LogP contribution is 2.65. The van der Waals surface area contributed by atoms with Crippen LogP contribution in [0.4, 0.5) is 9.59 Å². The summed E-state index contributed by atoms with van der Waals surface area (Å²) in [6.45, 7) is 15.1. The predicted octanol–water partition coefficient (Wildman–Crippen LogP) is 3.07. The zero-order valence-electron chi connectivity index (χ0n) is 33.6. The highest BCUT2D eigenvalue weighted by Gasteiger charge is 2.70. The molecule has 1 unspecified atom stereocenters. The summed E-state index contributed by atoms with van der Waals surface area (Å²) in [6.07, 6.45) is 4.89. The fourth-order valence-electron chi connectivity index (χ4n) is 8.83. The minimum atomic E-state index is -1.08. The van der Waals surface area contributed by atoms with Gasteiger partial charge in [-0.1, -0.05) is 78.6 Å². The molecule has 0 bridgehead atoms. The number of piperidine rings is 2. The van der Waals surface area contributed by atoms with Crippen LogP contribution in [-0.2, 0) is 36.8 Å². The van der Waals surface area contributed by atoms with Gasteiger partial charge >= 0.3 is 12.1 Å². The van der Waals surface area contributed by atoms with Gasteiger partial charge in [0, 0.05) is 32.6 Å². The molecule has 0 radical (unpaired) electrons. The number of hydrogen-bond acceptors (Lipinski definition) is 7. The van der Waals surface area contributed by atoms with E-state index in [0.717, 1.165) is 30.4 Å². The minimum absolute atomic E-state index is 0.0301. The van der Waals surface area contributed by atoms with Crippen molar-refractivity contribution in [3.63, 3.8) is 0 Å². The van der Waals surface area contributed by atoms with E-state index in [1.807, 2.05) is 52.0 Å². The summed E-state index contributed by atoms with van der Waals surface area (Å²) in [6, 6.07) is 2.76. The molecule has 1 aromatic rings. The van der Waals surface area contributed by atoms with Crippen molar-refractivity contribution in [3.05, 3.63) is 35.4 Å². The van der Waals surface area contributed by atoms with Gasteiger partial charge in [0.15, 0.2) is 0 Å². The van der Waals surface area contributed by atoms with Crippen molar-refractivity contribution < 1.29 is 33.6 Å². The lowest BCUT2D eigenvalue weighted by molar-refractivity contribution is -0.144. The van der Waals surface area contributed by atoms with E-state index >= 15 is 0 Å². The van der Waals surface area contributed by atoms with Crippen molar-refractivity contribution in [1.82, 2.24) is 36.4 Å². The van der Waals surface area contributed by atoms with Crippen LogP contribution in [0.5, 0.6) is 0 Å². The highest BCUT2D eigenvalue weighted by molar-refractivity contribution is 6.38. The van der Waals surface area contributed by atoms with E-state index in [-0.39, 0.29) is 42.0 Å². The number of fused-ring (bicyclic) bond motifs is 2. The topological polar surface area (TPSA) is 186 Å². The number of carbonyl (C=O) groups is 7. The van der Waals surface area contributed by atoms with Crippen molar-refractivity contribution in [3.8, 4) is 0 Å². The molecule has 2 heterocycles. The Labute approximate surface area is 325 Å². The summed E-state index contributed by atoms with van der Waals surface area (Å²) in [4.78, 5) is 97.5. The standard InChI is InChI=1S/C41H61N7O7/c1-8-10-17-28(34(50)36(52)42-9-2)43-35(51)33-31-27(41(31,6)7)22-48(33)37(53)32(26-20-24-15-11-12-16-25(24)21-26)45-39(55)46-38(54)44-29(40(3,4)5)23-47-19-14-13-18-30(47)49/h11-12,15-16,26-29,31-33H,8-10,13-14,17-23H2,1-7H3,(H,42,52)(H,43,51)(H3,44,45,46,54,55)/t27-,28?,29+,31-,32-,33-/m0/s1. The van der Waals surface area contributed by atoms with Gasteiger partial charge in [-0.2, -0.15) is 0 Å². The molecule has 0 spiro atoms. The summed E-state index contributed by atoms with van der Waals surface area (Å²) >= 11 is 0. The van der Waals surface area contributed by atoms with Gasteiger partial charge < -0.3 is 31.1 Å². The third-order valence-electron chi connectivity index (χ3n) is 12.3. The maximum absolute atomic E-state index is 14.8. The maximum Gasteiger partial charge on any atom is 0.323 e. The number of hydrogen-bond donors (Lipinski definition) is 5. The van der Waals surface area contributed by atoms with Crippen molar-refractivity contribution in [2.75, 3.05) is 26.2 Å². The molecule has 6 atom stereocenters. The first-order valence-corrected chi connectivity index (χ1v) is 20.1. The van der Waals surface area contributed by atoms with E-state index in [1.165, 1.54) is 4.90 Å². The van der Waals surface area contributed by atoms with Crippen LogP contribution in [0.25, 0.3) is 0 Å². The molecule has 2 saturated heterocycles. The molecule has 302 valence electrons. The van der Waals surface area contributed by atoms with E-state index < -0.39 is 65.1 Å². The molecule has 1 saturated carbocycles. The number of nitrogens with one attached hydrogen (secondary N) is 5. The molecule has 14 heteroatoms. The number of likely N-dealkylation sites (N-methyl/N-ethyl adjacent to an activating group) is 1. The first kappa shape index (κ1) is 41.7. The van der Waals surface area contributed by atoms with E-state index in [4.69, 9.17) is 0 Å². The van der Waals surface area contributed by atoms with Gasteiger partial charge in [0.05, 0.1) is 12.1 Å². The fraction of sp³-hybridized carbons (Fsp3) is 0.683. The molecule has 3 fully saturated rings. The molecule has 55 heavy (non-hydrogen) atoms. The number of urea groups is 2. The van der Waals surface area contributed by atoms with Crippen LogP contribution in [0.2, 0.25) is 0 Å². The van der Waals surface area contributed by atoms with Crippen molar-refractivity contribution in [1.29, 1.82) is 0 Å². The van der Waals surface area contributed by atoms with Crippen LogP contribution in [0.15, 0.2) is 24.3 Å². The molecule has 5 N–H and O–H groups in total. The first-order chi connectivity index (χ1) is 26.0. The van der Waals surface area contributed by atoms with Crippen LogP contribution in [0, 0.1) is 28.6 Å². The van der Waals surface area contributed by atoms with Gasteiger partial charge in [-0.3, -0.25) is 29.3 Å². The summed E-state index contributed by atoms with van der Waals surface area (Å²) in [5.74, 6) is -2.87. The van der Waals surface area contributed by atoms with Crippen LogP contribution in [0.3, 0.4) is 0 Å². The number of nitrogens with zero attached hydrogens (tertiary/aromatic N) is 2. The van der Waals surface area contributed by atoms with Crippen molar-refractivity contribution in [2.45, 2.75) is 124 Å². The number of unbranched alkanes of at least 4 members (excludes halogenated alkanes) is 1. The quantitative estimate of drug-likeness (QED) is 0.180. The van der Waals surface area contributed by atoms with E-state index in [0.29, 0.717) is 45.3 Å². The predicted molar refractivity (Wildman–Crippen MR) is 206 cm³/mol. The normalized spacial score (nSPS) is 23.1. The van der Waals surface area contributed by atoms with Gasteiger partial charge in [0.25, 0.3) is 5.91 Å². The molecule has 2 aliphatic heterocycles. The maximum atomic E-state index is 14.8. The zero-order valence-corrected chi connectivity index (χ0v) is 33.6. The van der Waals surface area contributed by atoms with Crippen LogP contribution in [-0.4, -0.2) is 102 Å². The number of rotatable bonds is 14. The number of carbonyl (C=O) groups excluding carboxylic acids is 7. The van der Waals surface area contributed by atoms with E-state index in [1.54, 1.807) is 11.8 Å².